The molecular formula is CFNO2P+. The first-order valence-corrected chi connectivity index (χ1v) is 2.08. The largest absolute Gasteiger partial charge is 0.729 e. The van der Waals surface area contributed by atoms with Gasteiger partial charge in [0.15, 0.2) is 0 Å². The summed E-state index contributed by atoms with van der Waals surface area (Å²) in [4.78, 5) is 8.90. The number of isocyanates is 1. The van der Waals surface area contributed by atoms with Gasteiger partial charge >= 0.3 is 8.26 Å². The van der Waals surface area contributed by atoms with Crippen LogP contribution in [0.5, 0.6) is 0 Å². The van der Waals surface area contributed by atoms with Gasteiger partial charge in [-0.25, -0.2) is 4.79 Å². The summed E-state index contributed by atoms with van der Waals surface area (Å²) in [5.74, 6) is 0. The lowest BCUT2D eigenvalue weighted by Gasteiger charge is -1.34. The van der Waals surface area contributed by atoms with E-state index >= 15 is 0 Å². The smallest absolute Gasteiger partial charge is 0.207 e. The van der Waals surface area contributed by atoms with Crippen molar-refractivity contribution in [2.75, 3.05) is 0 Å². The Hall–Kier alpha value is -0.590. The van der Waals surface area contributed by atoms with E-state index in [0.717, 1.165) is 6.08 Å². The number of hydrogen-bond acceptors (Lipinski definition) is 2. The highest BCUT2D eigenvalue weighted by molar-refractivity contribution is 7.37. The summed E-state index contributed by atoms with van der Waals surface area (Å²) in [5.41, 5.74) is 0. The van der Waals surface area contributed by atoms with Crippen LogP contribution in [0, 0.1) is 0 Å². The molecule has 0 aliphatic carbocycles. The predicted octanol–water partition coefficient (Wildman–Crippen LogP) is 0.949. The topological polar surface area (TPSA) is 46.5 Å². The van der Waals surface area contributed by atoms with E-state index in [1.165, 1.54) is 0 Å². The molecule has 0 fully saturated rings. The second-order valence-corrected chi connectivity index (χ2v) is 1.07. The van der Waals surface area contributed by atoms with Crippen LogP contribution in [0.25, 0.3) is 0 Å². The first-order chi connectivity index (χ1) is 2.77. The fourth-order valence-corrected chi connectivity index (χ4v) is 0.0963. The molecule has 0 N–H and O–H groups in total. The molecule has 5 heteroatoms. The zero-order chi connectivity index (χ0) is 4.99. The maximum atomic E-state index is 10.8. The van der Waals surface area contributed by atoms with E-state index in [1.807, 2.05) is 0 Å². The average Bonchev–Trinajstić information content (AvgIpc) is 1.35. The van der Waals surface area contributed by atoms with Crippen LogP contribution < -0.4 is 0 Å². The fraction of sp³-hybridized carbons (Fsp3) is 0. The Balaban J connectivity index is 3.60. The normalized spacial score (nSPS) is 9.17. The van der Waals surface area contributed by atoms with Gasteiger partial charge in [-0.05, 0) is 0 Å². The van der Waals surface area contributed by atoms with Crippen molar-refractivity contribution in [3.8, 4) is 0 Å². The minimum absolute atomic E-state index is 0.783. The zero-order valence-electron chi connectivity index (χ0n) is 2.59. The third kappa shape index (κ3) is 3.41. The number of rotatable bonds is 1. The van der Waals surface area contributed by atoms with Crippen molar-refractivity contribution in [1.82, 2.24) is 0 Å². The molecule has 0 rings (SSSR count). The summed E-state index contributed by atoms with van der Waals surface area (Å²) in [7, 11) is -3.15. The number of halogens is 1. The average molecular weight is 108 g/mol. The molecule has 1 unspecified atom stereocenters. The quantitative estimate of drug-likeness (QED) is 0.285. The summed E-state index contributed by atoms with van der Waals surface area (Å²) in [6.07, 6.45) is 0.783. The SMILES string of the molecule is O=C=N[P+](=O)F. The Morgan fingerprint density at radius 3 is 2.33 bits per heavy atom. The molecule has 6 heavy (non-hydrogen) atoms. The van der Waals surface area contributed by atoms with Gasteiger partial charge in [0.25, 0.3) is 6.08 Å². The van der Waals surface area contributed by atoms with Gasteiger partial charge in [0.2, 0.25) is 0 Å². The van der Waals surface area contributed by atoms with E-state index in [9.17, 15) is 4.20 Å². The highest BCUT2D eigenvalue weighted by atomic mass is 31.1. The van der Waals surface area contributed by atoms with E-state index in [4.69, 9.17) is 9.36 Å². The predicted molar refractivity (Wildman–Crippen MR) is 16.8 cm³/mol. The van der Waals surface area contributed by atoms with Crippen LogP contribution in [0.4, 0.5) is 4.20 Å². The lowest BCUT2D eigenvalue weighted by Crippen LogP contribution is -1.36. The summed E-state index contributed by atoms with van der Waals surface area (Å²) < 4.78 is 22.0. The standard InChI is InChI=1S/CFNO2P/c2-6(5)3-1-4/q+1. The van der Waals surface area contributed by atoms with Crippen molar-refractivity contribution >= 4 is 14.3 Å². The highest BCUT2D eigenvalue weighted by Gasteiger charge is 2.08. The number of carbonyl (C=O) groups excluding carboxylic acids is 1. The van der Waals surface area contributed by atoms with Gasteiger partial charge in [0.05, 0.1) is 8.96 Å². The van der Waals surface area contributed by atoms with Crippen LogP contribution in [0.15, 0.2) is 4.76 Å². The van der Waals surface area contributed by atoms with Crippen LogP contribution in [-0.4, -0.2) is 6.08 Å². The highest BCUT2D eigenvalue weighted by Crippen LogP contribution is 2.20. The third-order valence-corrected chi connectivity index (χ3v) is 0.358. The van der Waals surface area contributed by atoms with Crippen molar-refractivity contribution in [3.63, 3.8) is 0 Å². The first-order valence-electron chi connectivity index (χ1n) is 0.979. The molecule has 0 bridgehead atoms. The van der Waals surface area contributed by atoms with E-state index < -0.39 is 8.26 Å². The molecule has 0 aromatic rings. The second-order valence-electron chi connectivity index (χ2n) is 0.418. The Labute approximate surface area is 33.8 Å². The molecule has 0 aliphatic heterocycles. The fourth-order valence-electron chi connectivity index (χ4n) is 0.0321. The van der Waals surface area contributed by atoms with Gasteiger partial charge in [0.1, 0.15) is 0 Å². The van der Waals surface area contributed by atoms with Crippen molar-refractivity contribution in [1.29, 1.82) is 0 Å². The molecular weight excluding hydrogens is 108 g/mol. The molecule has 0 saturated carbocycles. The number of nitrogens with zero attached hydrogens (tertiary/aromatic N) is 1. The monoisotopic (exact) mass is 108 g/mol. The summed E-state index contributed by atoms with van der Waals surface area (Å²) in [6.45, 7) is 0. The van der Waals surface area contributed by atoms with Crippen molar-refractivity contribution < 1.29 is 13.6 Å². The summed E-state index contributed by atoms with van der Waals surface area (Å²) in [6, 6.07) is 0. The molecule has 0 spiro atoms. The summed E-state index contributed by atoms with van der Waals surface area (Å²) >= 11 is 0. The third-order valence-electron chi connectivity index (χ3n) is 0.119. The van der Waals surface area contributed by atoms with Crippen molar-refractivity contribution in [2.24, 2.45) is 4.76 Å². The van der Waals surface area contributed by atoms with Gasteiger partial charge in [-0.1, -0.05) is 0 Å². The van der Waals surface area contributed by atoms with Gasteiger partial charge < -0.3 is 0 Å². The molecule has 0 radical (unpaired) electrons. The molecule has 32 valence electrons. The molecule has 1 atom stereocenters. The van der Waals surface area contributed by atoms with Crippen LogP contribution >= 0.6 is 8.26 Å². The minimum Gasteiger partial charge on any atom is -0.207 e. The Morgan fingerprint density at radius 1 is 1.83 bits per heavy atom. The van der Waals surface area contributed by atoms with Gasteiger partial charge in [-0.2, -0.15) is 0 Å². The summed E-state index contributed by atoms with van der Waals surface area (Å²) in [5, 5.41) is 0. The van der Waals surface area contributed by atoms with Gasteiger partial charge in [0, 0.05) is 4.57 Å². The first kappa shape index (κ1) is 5.41. The minimum atomic E-state index is -3.15. The van der Waals surface area contributed by atoms with E-state index in [2.05, 4.69) is 4.76 Å². The Morgan fingerprint density at radius 2 is 2.33 bits per heavy atom. The molecule has 0 heterocycles. The van der Waals surface area contributed by atoms with E-state index in [0.29, 0.717) is 0 Å². The van der Waals surface area contributed by atoms with Crippen molar-refractivity contribution in [2.45, 2.75) is 0 Å². The second kappa shape index (κ2) is 2.64. The van der Waals surface area contributed by atoms with Crippen LogP contribution in [0.3, 0.4) is 0 Å². The van der Waals surface area contributed by atoms with Crippen LogP contribution in [0.1, 0.15) is 0 Å². The lowest BCUT2D eigenvalue weighted by atomic mass is 11.7. The van der Waals surface area contributed by atoms with Gasteiger partial charge in [-0.3, -0.25) is 0 Å². The van der Waals surface area contributed by atoms with E-state index in [-0.39, 0.29) is 0 Å². The number of hydrogen-bond donors (Lipinski definition) is 0. The zero-order valence-corrected chi connectivity index (χ0v) is 3.48. The van der Waals surface area contributed by atoms with E-state index in [1.54, 1.807) is 0 Å². The Bertz CT molecular complexity index is 106. The maximum absolute atomic E-state index is 10.8. The molecule has 0 aromatic carbocycles. The lowest BCUT2D eigenvalue weighted by molar-refractivity contribution is 0.554. The van der Waals surface area contributed by atoms with Gasteiger partial charge in [-0.15, -0.1) is 0 Å². The maximum Gasteiger partial charge on any atom is 0.729 e. The van der Waals surface area contributed by atoms with Crippen LogP contribution in [-0.2, 0) is 9.36 Å². The molecule has 0 aliphatic rings. The molecule has 3 nitrogen and oxygen atoms in total. The molecule has 0 saturated heterocycles. The molecule has 0 aromatic heterocycles. The van der Waals surface area contributed by atoms with Crippen LogP contribution in [0.2, 0.25) is 0 Å². The molecule has 0 amide bonds. The van der Waals surface area contributed by atoms with Crippen molar-refractivity contribution in [3.05, 3.63) is 0 Å². The Kier molecular flexibility index (Phi) is 2.38.